The van der Waals surface area contributed by atoms with Crippen LogP contribution in [0.4, 0.5) is 0 Å². The summed E-state index contributed by atoms with van der Waals surface area (Å²) in [7, 11) is -2.46. The summed E-state index contributed by atoms with van der Waals surface area (Å²) in [6.07, 6.45) is 7.15. The van der Waals surface area contributed by atoms with Gasteiger partial charge < -0.3 is 9.64 Å². The molecule has 0 bridgehead atoms. The molecule has 9 heteroatoms. The second kappa shape index (κ2) is 9.08. The molecule has 3 aliphatic rings. The van der Waals surface area contributed by atoms with Crippen molar-refractivity contribution >= 4 is 33.5 Å². The number of hydrogen-bond acceptors (Lipinski definition) is 5. The zero-order valence-corrected chi connectivity index (χ0v) is 19.3. The molecule has 1 aromatic carbocycles. The van der Waals surface area contributed by atoms with Gasteiger partial charge in [-0.05, 0) is 56.2 Å². The van der Waals surface area contributed by atoms with Crippen molar-refractivity contribution < 1.29 is 22.7 Å². The van der Waals surface area contributed by atoms with Crippen LogP contribution in [0.15, 0.2) is 23.1 Å². The Morgan fingerprint density at radius 1 is 1.06 bits per heavy atom. The van der Waals surface area contributed by atoms with Crippen molar-refractivity contribution in [3.8, 4) is 0 Å². The normalized spacial score (nSPS) is 27.0. The number of fused-ring (bicyclic) bond motifs is 1. The fourth-order valence-corrected chi connectivity index (χ4v) is 7.34. The van der Waals surface area contributed by atoms with Crippen LogP contribution in [0.25, 0.3) is 0 Å². The van der Waals surface area contributed by atoms with Gasteiger partial charge in [0.1, 0.15) is 10.9 Å². The molecule has 2 saturated heterocycles. The van der Waals surface area contributed by atoms with Crippen molar-refractivity contribution in [1.29, 1.82) is 0 Å². The van der Waals surface area contributed by atoms with E-state index in [-0.39, 0.29) is 33.3 Å². The van der Waals surface area contributed by atoms with Crippen molar-refractivity contribution in [2.45, 2.75) is 68.3 Å². The Hall–Kier alpha value is -1.64. The van der Waals surface area contributed by atoms with Gasteiger partial charge in [0, 0.05) is 24.7 Å². The number of amides is 1. The fraction of sp³-hybridized carbons (Fsp3) is 0.636. The Labute approximate surface area is 188 Å². The Kier molecular flexibility index (Phi) is 6.60. The average molecular weight is 469 g/mol. The van der Waals surface area contributed by atoms with E-state index in [9.17, 15) is 18.0 Å². The third-order valence-electron chi connectivity index (χ3n) is 6.91. The number of nitrogens with zero attached hydrogens (tertiary/aromatic N) is 2. The van der Waals surface area contributed by atoms with Gasteiger partial charge in [-0.25, -0.2) is 13.2 Å². The number of esters is 1. The minimum atomic E-state index is -3.79. The summed E-state index contributed by atoms with van der Waals surface area (Å²) in [4.78, 5) is 27.6. The Balaban J connectivity index is 1.68. The van der Waals surface area contributed by atoms with Crippen molar-refractivity contribution in [2.24, 2.45) is 5.92 Å². The maximum absolute atomic E-state index is 13.6. The molecule has 2 heterocycles. The van der Waals surface area contributed by atoms with E-state index in [1.165, 1.54) is 23.5 Å². The lowest BCUT2D eigenvalue weighted by molar-refractivity contribution is -0.145. The molecule has 31 heavy (non-hydrogen) atoms. The number of ether oxygens (including phenoxy) is 1. The van der Waals surface area contributed by atoms with E-state index in [1.54, 1.807) is 11.0 Å². The predicted molar refractivity (Wildman–Crippen MR) is 116 cm³/mol. The Morgan fingerprint density at radius 3 is 2.48 bits per heavy atom. The smallest absolute Gasteiger partial charge is 0.328 e. The fourth-order valence-electron chi connectivity index (χ4n) is 5.33. The van der Waals surface area contributed by atoms with Crippen LogP contribution in [0, 0.1) is 5.92 Å². The van der Waals surface area contributed by atoms with Gasteiger partial charge in [-0.3, -0.25) is 4.79 Å². The van der Waals surface area contributed by atoms with E-state index < -0.39 is 22.0 Å². The van der Waals surface area contributed by atoms with Crippen LogP contribution in [-0.4, -0.2) is 61.8 Å². The summed E-state index contributed by atoms with van der Waals surface area (Å²) in [5.41, 5.74) is 0.236. The molecular formula is C22H29ClN2O5S. The summed E-state index contributed by atoms with van der Waals surface area (Å²) in [6.45, 7) is 0.911. The second-order valence-corrected chi connectivity index (χ2v) is 11.0. The maximum atomic E-state index is 13.6. The predicted octanol–water partition coefficient (Wildman–Crippen LogP) is 3.46. The molecule has 4 rings (SSSR count). The number of hydrogen-bond donors (Lipinski definition) is 0. The lowest BCUT2D eigenvalue weighted by atomic mass is 9.84. The number of sulfonamides is 1. The van der Waals surface area contributed by atoms with Gasteiger partial charge in [0.15, 0.2) is 0 Å². The van der Waals surface area contributed by atoms with E-state index in [4.69, 9.17) is 16.3 Å². The highest BCUT2D eigenvalue weighted by Gasteiger charge is 2.48. The molecule has 0 aromatic heterocycles. The number of piperidine rings is 1. The minimum Gasteiger partial charge on any atom is -0.467 e. The van der Waals surface area contributed by atoms with Gasteiger partial charge in [-0.2, -0.15) is 4.31 Å². The molecule has 1 aromatic rings. The van der Waals surface area contributed by atoms with E-state index in [2.05, 4.69) is 0 Å². The second-order valence-electron chi connectivity index (χ2n) is 8.71. The first kappa shape index (κ1) is 22.6. The topological polar surface area (TPSA) is 84.0 Å². The number of carbonyl (C=O) groups is 2. The van der Waals surface area contributed by atoms with Gasteiger partial charge in [0.2, 0.25) is 10.0 Å². The Morgan fingerprint density at radius 2 is 1.77 bits per heavy atom. The summed E-state index contributed by atoms with van der Waals surface area (Å²) in [5.74, 6) is -0.486. The largest absolute Gasteiger partial charge is 0.467 e. The standard InChI is InChI=1S/C22H29ClN2O5S/c1-30-22(27)19-13-15-7-3-4-8-18(15)25(19)21(26)16-9-10-17(23)20(14-16)31(28,29)24-11-5-2-6-12-24/h9-10,14-15,18-19H,2-8,11-13H2,1H3. The number of halogens is 1. The van der Waals surface area contributed by atoms with Crippen molar-refractivity contribution in [2.75, 3.05) is 20.2 Å². The van der Waals surface area contributed by atoms with E-state index >= 15 is 0 Å². The number of benzene rings is 1. The molecular weight excluding hydrogens is 440 g/mol. The number of rotatable bonds is 4. The van der Waals surface area contributed by atoms with E-state index in [1.807, 2.05) is 0 Å². The molecule has 1 amide bonds. The van der Waals surface area contributed by atoms with Crippen LogP contribution in [0.2, 0.25) is 5.02 Å². The third-order valence-corrected chi connectivity index (χ3v) is 9.29. The SMILES string of the molecule is COC(=O)C1CC2CCCCC2N1C(=O)c1ccc(Cl)c(S(=O)(=O)N2CCCCC2)c1. The molecule has 0 N–H and O–H groups in total. The first-order valence-electron chi connectivity index (χ1n) is 11.0. The lowest BCUT2D eigenvalue weighted by Gasteiger charge is -2.33. The van der Waals surface area contributed by atoms with Crippen LogP contribution in [-0.2, 0) is 19.6 Å². The van der Waals surface area contributed by atoms with E-state index in [0.29, 0.717) is 19.5 Å². The van der Waals surface area contributed by atoms with Crippen molar-refractivity contribution in [3.05, 3.63) is 28.8 Å². The quantitative estimate of drug-likeness (QED) is 0.632. The van der Waals surface area contributed by atoms with Gasteiger partial charge >= 0.3 is 5.97 Å². The van der Waals surface area contributed by atoms with Crippen LogP contribution < -0.4 is 0 Å². The van der Waals surface area contributed by atoms with Gasteiger partial charge in [-0.1, -0.05) is 30.9 Å². The van der Waals surface area contributed by atoms with Crippen LogP contribution in [0.3, 0.4) is 0 Å². The first-order chi connectivity index (χ1) is 14.8. The molecule has 3 atom stereocenters. The van der Waals surface area contributed by atoms with Crippen LogP contribution in [0.5, 0.6) is 0 Å². The molecule has 3 unspecified atom stereocenters. The molecule has 0 spiro atoms. The van der Waals surface area contributed by atoms with Gasteiger partial charge in [0.05, 0.1) is 12.1 Å². The highest BCUT2D eigenvalue weighted by Crippen LogP contribution is 2.41. The summed E-state index contributed by atoms with van der Waals surface area (Å²) < 4.78 is 32.8. The molecule has 2 aliphatic heterocycles. The minimum absolute atomic E-state index is 0.0248. The monoisotopic (exact) mass is 468 g/mol. The molecule has 3 fully saturated rings. The zero-order valence-electron chi connectivity index (χ0n) is 17.8. The molecule has 170 valence electrons. The highest BCUT2D eigenvalue weighted by atomic mass is 35.5. The summed E-state index contributed by atoms with van der Waals surface area (Å²) >= 11 is 6.27. The van der Waals surface area contributed by atoms with Crippen molar-refractivity contribution in [1.82, 2.24) is 9.21 Å². The third kappa shape index (κ3) is 4.22. The van der Waals surface area contributed by atoms with E-state index in [0.717, 1.165) is 44.9 Å². The molecule has 0 radical (unpaired) electrons. The summed E-state index contributed by atoms with van der Waals surface area (Å²) in [5, 5.41) is 0.101. The molecule has 7 nitrogen and oxygen atoms in total. The zero-order chi connectivity index (χ0) is 22.2. The Bertz CT molecular complexity index is 961. The lowest BCUT2D eigenvalue weighted by Crippen LogP contribution is -2.46. The van der Waals surface area contributed by atoms with Crippen molar-refractivity contribution in [3.63, 3.8) is 0 Å². The number of likely N-dealkylation sites (tertiary alicyclic amines) is 1. The van der Waals surface area contributed by atoms with Crippen LogP contribution >= 0.6 is 11.6 Å². The maximum Gasteiger partial charge on any atom is 0.328 e. The molecule has 1 saturated carbocycles. The number of methoxy groups -OCH3 is 1. The highest BCUT2D eigenvalue weighted by molar-refractivity contribution is 7.89. The van der Waals surface area contributed by atoms with Crippen LogP contribution in [0.1, 0.15) is 61.7 Å². The summed E-state index contributed by atoms with van der Waals surface area (Å²) in [6, 6.07) is 3.73. The average Bonchev–Trinajstić information content (AvgIpc) is 3.18. The molecule has 1 aliphatic carbocycles. The van der Waals surface area contributed by atoms with Gasteiger partial charge in [0.25, 0.3) is 5.91 Å². The number of carbonyl (C=O) groups excluding carboxylic acids is 2. The first-order valence-corrected chi connectivity index (χ1v) is 12.9. The van der Waals surface area contributed by atoms with Gasteiger partial charge in [-0.15, -0.1) is 0 Å².